The van der Waals surface area contributed by atoms with Gasteiger partial charge >= 0.3 is 0 Å². The van der Waals surface area contributed by atoms with E-state index in [4.69, 9.17) is 0 Å². The molecule has 3 nitrogen and oxygen atoms in total. The highest BCUT2D eigenvalue weighted by Gasteiger charge is 2.28. The van der Waals surface area contributed by atoms with Crippen LogP contribution in [0.2, 0.25) is 0 Å². The van der Waals surface area contributed by atoms with Crippen molar-refractivity contribution in [2.45, 2.75) is 38.6 Å². The lowest BCUT2D eigenvalue weighted by atomic mass is 9.99. The number of hydrogen-bond acceptors (Lipinski definition) is 2. The Morgan fingerprint density at radius 3 is 2.95 bits per heavy atom. The molecule has 1 aliphatic heterocycles. The number of hydrogen-bond donors (Lipinski definition) is 1. The molecule has 1 fully saturated rings. The summed E-state index contributed by atoms with van der Waals surface area (Å²) in [5, 5.41) is 3.05. The molecule has 1 atom stereocenters. The van der Waals surface area contributed by atoms with Gasteiger partial charge in [-0.15, -0.1) is 0 Å². The van der Waals surface area contributed by atoms with E-state index in [9.17, 15) is 4.79 Å². The zero-order valence-corrected chi connectivity index (χ0v) is 12.0. The Morgan fingerprint density at radius 1 is 1.42 bits per heavy atom. The van der Waals surface area contributed by atoms with Crippen LogP contribution in [0.15, 0.2) is 24.3 Å². The zero-order chi connectivity index (χ0) is 13.7. The SMILES string of the molecule is CNCCC(=O)N1CCCC1Cc1ccccc1C. The lowest BCUT2D eigenvalue weighted by Gasteiger charge is -2.25. The summed E-state index contributed by atoms with van der Waals surface area (Å²) in [5.74, 6) is 0.297. The molecular weight excluding hydrogens is 236 g/mol. The average Bonchev–Trinajstić information content (AvgIpc) is 2.87. The first-order valence-corrected chi connectivity index (χ1v) is 7.21. The number of likely N-dealkylation sites (tertiary alicyclic amines) is 1. The summed E-state index contributed by atoms with van der Waals surface area (Å²) in [6, 6.07) is 8.89. The molecule has 2 rings (SSSR count). The molecule has 19 heavy (non-hydrogen) atoms. The number of carbonyl (C=O) groups is 1. The Balaban J connectivity index is 1.99. The van der Waals surface area contributed by atoms with Gasteiger partial charge in [0.15, 0.2) is 0 Å². The molecule has 104 valence electrons. The van der Waals surface area contributed by atoms with Crippen LogP contribution in [0.4, 0.5) is 0 Å². The van der Waals surface area contributed by atoms with Crippen molar-refractivity contribution in [2.24, 2.45) is 0 Å². The quantitative estimate of drug-likeness (QED) is 0.879. The third kappa shape index (κ3) is 3.57. The van der Waals surface area contributed by atoms with E-state index < -0.39 is 0 Å². The lowest BCUT2D eigenvalue weighted by Crippen LogP contribution is -2.38. The fraction of sp³-hybridized carbons (Fsp3) is 0.562. The van der Waals surface area contributed by atoms with Gasteiger partial charge in [0.1, 0.15) is 0 Å². The molecule has 1 aromatic carbocycles. The second kappa shape index (κ2) is 6.71. The highest BCUT2D eigenvalue weighted by atomic mass is 16.2. The highest BCUT2D eigenvalue weighted by Crippen LogP contribution is 2.23. The standard InChI is InChI=1S/C16H24N2O/c1-13-6-3-4-7-14(13)12-15-8-5-11-18(15)16(19)9-10-17-2/h3-4,6-7,15,17H,5,8-12H2,1-2H3. The minimum absolute atomic E-state index is 0.297. The fourth-order valence-corrected chi connectivity index (χ4v) is 2.84. The Labute approximate surface area is 116 Å². The van der Waals surface area contributed by atoms with E-state index >= 15 is 0 Å². The number of benzene rings is 1. The summed E-state index contributed by atoms with van der Waals surface area (Å²) in [5.41, 5.74) is 2.71. The predicted molar refractivity (Wildman–Crippen MR) is 78.2 cm³/mol. The summed E-state index contributed by atoms with van der Waals surface area (Å²) in [6.07, 6.45) is 3.89. The molecule has 0 spiro atoms. The van der Waals surface area contributed by atoms with E-state index in [2.05, 4.69) is 41.4 Å². The number of aryl methyl sites for hydroxylation is 1. The summed E-state index contributed by atoms with van der Waals surface area (Å²) in [6.45, 7) is 3.85. The second-order valence-electron chi connectivity index (χ2n) is 5.37. The summed E-state index contributed by atoms with van der Waals surface area (Å²) in [4.78, 5) is 14.3. The Hall–Kier alpha value is -1.35. The minimum Gasteiger partial charge on any atom is -0.339 e. The van der Waals surface area contributed by atoms with Gasteiger partial charge < -0.3 is 10.2 Å². The van der Waals surface area contributed by atoms with Gasteiger partial charge in [0.05, 0.1) is 0 Å². The van der Waals surface area contributed by atoms with Gasteiger partial charge in [-0.05, 0) is 44.4 Å². The molecule has 1 amide bonds. The lowest BCUT2D eigenvalue weighted by molar-refractivity contribution is -0.131. The summed E-state index contributed by atoms with van der Waals surface area (Å²) >= 11 is 0. The van der Waals surface area contributed by atoms with E-state index in [1.807, 2.05) is 7.05 Å². The van der Waals surface area contributed by atoms with E-state index in [1.54, 1.807) is 0 Å². The molecule has 1 aliphatic rings. The minimum atomic E-state index is 0.297. The maximum Gasteiger partial charge on any atom is 0.224 e. The van der Waals surface area contributed by atoms with Gasteiger partial charge in [-0.1, -0.05) is 24.3 Å². The molecule has 1 aromatic rings. The van der Waals surface area contributed by atoms with E-state index in [0.717, 1.165) is 32.4 Å². The molecular formula is C16H24N2O. The van der Waals surface area contributed by atoms with Gasteiger partial charge in [0.25, 0.3) is 0 Å². The zero-order valence-electron chi connectivity index (χ0n) is 12.0. The maximum atomic E-state index is 12.2. The predicted octanol–water partition coefficient (Wildman–Crippen LogP) is 2.14. The Kier molecular flexibility index (Phi) is 4.97. The maximum absolute atomic E-state index is 12.2. The van der Waals surface area contributed by atoms with Crippen LogP contribution >= 0.6 is 0 Å². The molecule has 1 heterocycles. The number of carbonyl (C=O) groups excluding carboxylic acids is 1. The van der Waals surface area contributed by atoms with Crippen molar-refractivity contribution in [3.63, 3.8) is 0 Å². The van der Waals surface area contributed by atoms with Crippen LogP contribution in [0, 0.1) is 6.92 Å². The molecule has 0 saturated carbocycles. The fourth-order valence-electron chi connectivity index (χ4n) is 2.84. The van der Waals surface area contributed by atoms with Gasteiger partial charge in [-0.3, -0.25) is 4.79 Å². The van der Waals surface area contributed by atoms with Gasteiger partial charge in [-0.25, -0.2) is 0 Å². The first-order chi connectivity index (χ1) is 9.22. The van der Waals surface area contributed by atoms with Crippen LogP contribution in [0.25, 0.3) is 0 Å². The number of nitrogens with zero attached hydrogens (tertiary/aromatic N) is 1. The molecule has 0 radical (unpaired) electrons. The van der Waals surface area contributed by atoms with Gasteiger partial charge in [0.2, 0.25) is 5.91 Å². The first-order valence-electron chi connectivity index (χ1n) is 7.21. The topological polar surface area (TPSA) is 32.3 Å². The van der Waals surface area contributed by atoms with Crippen LogP contribution in [-0.2, 0) is 11.2 Å². The second-order valence-corrected chi connectivity index (χ2v) is 5.37. The average molecular weight is 260 g/mol. The normalized spacial score (nSPS) is 18.8. The van der Waals surface area contributed by atoms with Crippen LogP contribution in [-0.4, -0.2) is 37.0 Å². The smallest absolute Gasteiger partial charge is 0.224 e. The van der Waals surface area contributed by atoms with E-state index in [0.29, 0.717) is 18.4 Å². The summed E-state index contributed by atoms with van der Waals surface area (Å²) in [7, 11) is 1.89. The van der Waals surface area contributed by atoms with Crippen molar-refractivity contribution in [3.8, 4) is 0 Å². The third-order valence-electron chi connectivity index (χ3n) is 4.00. The molecule has 3 heteroatoms. The van der Waals surface area contributed by atoms with Crippen molar-refractivity contribution in [1.82, 2.24) is 10.2 Å². The first kappa shape index (κ1) is 14.1. The number of amides is 1. The molecule has 1 unspecified atom stereocenters. The highest BCUT2D eigenvalue weighted by molar-refractivity contribution is 5.77. The van der Waals surface area contributed by atoms with Gasteiger partial charge in [-0.2, -0.15) is 0 Å². The van der Waals surface area contributed by atoms with Crippen molar-refractivity contribution in [3.05, 3.63) is 35.4 Å². The molecule has 1 N–H and O–H groups in total. The van der Waals surface area contributed by atoms with Crippen molar-refractivity contribution in [1.29, 1.82) is 0 Å². The summed E-state index contributed by atoms with van der Waals surface area (Å²) < 4.78 is 0. The Bertz CT molecular complexity index is 431. The number of rotatable bonds is 5. The van der Waals surface area contributed by atoms with Crippen LogP contribution in [0.3, 0.4) is 0 Å². The van der Waals surface area contributed by atoms with Crippen LogP contribution in [0.1, 0.15) is 30.4 Å². The number of nitrogens with one attached hydrogen (secondary N) is 1. The largest absolute Gasteiger partial charge is 0.339 e. The van der Waals surface area contributed by atoms with E-state index in [1.165, 1.54) is 11.1 Å². The van der Waals surface area contributed by atoms with Crippen molar-refractivity contribution >= 4 is 5.91 Å². The molecule has 1 saturated heterocycles. The van der Waals surface area contributed by atoms with Gasteiger partial charge in [0, 0.05) is 25.6 Å². The Morgan fingerprint density at radius 2 is 2.21 bits per heavy atom. The van der Waals surface area contributed by atoms with E-state index in [-0.39, 0.29) is 0 Å². The third-order valence-corrected chi connectivity index (χ3v) is 4.00. The molecule has 0 aromatic heterocycles. The van der Waals surface area contributed by atoms with Crippen molar-refractivity contribution < 1.29 is 4.79 Å². The van der Waals surface area contributed by atoms with Crippen molar-refractivity contribution in [2.75, 3.05) is 20.1 Å². The van der Waals surface area contributed by atoms with Crippen LogP contribution < -0.4 is 5.32 Å². The van der Waals surface area contributed by atoms with Crippen LogP contribution in [0.5, 0.6) is 0 Å². The monoisotopic (exact) mass is 260 g/mol. The molecule has 0 aliphatic carbocycles. The molecule has 0 bridgehead atoms.